The van der Waals surface area contributed by atoms with E-state index in [1.807, 2.05) is 0 Å². The zero-order valence-electron chi connectivity index (χ0n) is 13.0. The van der Waals surface area contributed by atoms with E-state index in [1.54, 1.807) is 6.92 Å². The number of ketones is 2. The molecule has 0 radical (unpaired) electrons. The van der Waals surface area contributed by atoms with Crippen molar-refractivity contribution < 1.29 is 24.0 Å². The summed E-state index contributed by atoms with van der Waals surface area (Å²) >= 11 is 0. The Morgan fingerprint density at radius 1 is 1.17 bits per heavy atom. The first-order valence-corrected chi connectivity index (χ1v) is 7.59. The Morgan fingerprint density at radius 3 is 2.46 bits per heavy atom. The fourth-order valence-electron chi connectivity index (χ4n) is 3.25. The molecule has 1 fully saturated rings. The summed E-state index contributed by atoms with van der Waals surface area (Å²) in [4.78, 5) is 46.6. The van der Waals surface area contributed by atoms with E-state index in [9.17, 15) is 24.5 Å². The van der Waals surface area contributed by atoms with Gasteiger partial charge >= 0.3 is 5.97 Å². The maximum Gasteiger partial charge on any atom is 0.343 e. The van der Waals surface area contributed by atoms with Crippen LogP contribution in [0.15, 0.2) is 35.6 Å². The number of benzene rings is 1. The van der Waals surface area contributed by atoms with Gasteiger partial charge in [0.15, 0.2) is 11.5 Å². The van der Waals surface area contributed by atoms with Gasteiger partial charge in [0, 0.05) is 25.0 Å². The summed E-state index contributed by atoms with van der Waals surface area (Å²) in [5, 5.41) is 10.6. The van der Waals surface area contributed by atoms with Crippen molar-refractivity contribution in [2.75, 3.05) is 0 Å². The topological polar surface area (TPSA) is 104 Å². The molecule has 7 heteroatoms. The molecule has 7 nitrogen and oxygen atoms in total. The van der Waals surface area contributed by atoms with Gasteiger partial charge in [-0.25, -0.2) is 4.79 Å². The number of esters is 1. The molecule has 3 rings (SSSR count). The average molecular weight is 329 g/mol. The van der Waals surface area contributed by atoms with E-state index in [0.717, 1.165) is 0 Å². The predicted octanol–water partition coefficient (Wildman–Crippen LogP) is 2.74. The number of Topliss-reactive ketones (excluding diaryl/α,β-unsaturated/α-hetero) is 2. The van der Waals surface area contributed by atoms with Crippen LogP contribution in [0.2, 0.25) is 0 Å². The van der Waals surface area contributed by atoms with E-state index in [4.69, 9.17) is 4.74 Å². The molecule has 0 spiro atoms. The second-order valence-electron chi connectivity index (χ2n) is 6.18. The van der Waals surface area contributed by atoms with Crippen LogP contribution in [0.4, 0.5) is 5.69 Å². The highest BCUT2D eigenvalue weighted by Crippen LogP contribution is 2.48. The molecular formula is C17H15NO6. The lowest BCUT2D eigenvalue weighted by Crippen LogP contribution is -2.32. The van der Waals surface area contributed by atoms with Crippen LogP contribution in [0.5, 0.6) is 0 Å². The highest BCUT2D eigenvalue weighted by Gasteiger charge is 2.48. The summed E-state index contributed by atoms with van der Waals surface area (Å²) in [6.07, 6.45) is 1.37. The molecule has 1 aromatic carbocycles. The molecule has 0 aliphatic heterocycles. The number of ether oxygens (including phenoxy) is 1. The Balaban J connectivity index is 1.89. The molecule has 0 aromatic heterocycles. The third kappa shape index (κ3) is 2.51. The molecule has 0 N–H and O–H groups in total. The molecule has 0 amide bonds. The van der Waals surface area contributed by atoms with Crippen LogP contribution < -0.4 is 0 Å². The second kappa shape index (κ2) is 5.67. The first-order chi connectivity index (χ1) is 11.3. The maximum absolute atomic E-state index is 12.3. The first-order valence-electron chi connectivity index (χ1n) is 7.59. The van der Waals surface area contributed by atoms with Crippen LogP contribution in [-0.4, -0.2) is 22.5 Å². The van der Waals surface area contributed by atoms with Crippen molar-refractivity contribution in [1.29, 1.82) is 0 Å². The number of nitrogens with zero attached hydrogens (tertiary/aromatic N) is 1. The number of carbonyl (C=O) groups excluding carboxylic acids is 3. The predicted molar refractivity (Wildman–Crippen MR) is 82.1 cm³/mol. The molecule has 124 valence electrons. The summed E-state index contributed by atoms with van der Waals surface area (Å²) in [6.45, 7) is 1.78. The third-order valence-corrected chi connectivity index (χ3v) is 4.77. The standard InChI is InChI=1S/C17H15NO6/c1-17-9-8-13(19)15(12(17)6-7-14(17)20)24-16(21)10-2-4-11(5-3-10)18(22)23/h2-5H,6-9H2,1H3/t17-/m1/s1. The molecule has 0 bridgehead atoms. The maximum atomic E-state index is 12.3. The van der Waals surface area contributed by atoms with E-state index in [0.29, 0.717) is 24.8 Å². The van der Waals surface area contributed by atoms with Gasteiger partial charge in [-0.1, -0.05) is 0 Å². The second-order valence-corrected chi connectivity index (χ2v) is 6.18. The lowest BCUT2D eigenvalue weighted by Gasteiger charge is -2.30. The van der Waals surface area contributed by atoms with E-state index in [-0.39, 0.29) is 35.0 Å². The number of hydrogen-bond donors (Lipinski definition) is 0. The third-order valence-electron chi connectivity index (χ3n) is 4.77. The summed E-state index contributed by atoms with van der Waals surface area (Å²) in [5.41, 5.74) is -0.160. The number of non-ortho nitro benzene ring substituents is 1. The molecule has 2 aliphatic carbocycles. The van der Waals surface area contributed by atoms with Gasteiger partial charge in [-0.2, -0.15) is 0 Å². The quantitative estimate of drug-likeness (QED) is 0.480. The Hall–Kier alpha value is -2.83. The number of rotatable bonds is 3. The molecule has 2 aliphatic rings. The Labute approximate surface area is 137 Å². The summed E-state index contributed by atoms with van der Waals surface area (Å²) in [5.74, 6) is -1.01. The monoisotopic (exact) mass is 329 g/mol. The smallest absolute Gasteiger partial charge is 0.343 e. The van der Waals surface area contributed by atoms with Gasteiger partial charge in [-0.3, -0.25) is 19.7 Å². The molecule has 0 saturated heterocycles. The molecule has 24 heavy (non-hydrogen) atoms. The van der Waals surface area contributed by atoms with Crippen LogP contribution in [-0.2, 0) is 14.3 Å². The van der Waals surface area contributed by atoms with Gasteiger partial charge in [0.25, 0.3) is 5.69 Å². The van der Waals surface area contributed by atoms with Crippen molar-refractivity contribution in [3.05, 3.63) is 51.3 Å². The van der Waals surface area contributed by atoms with Gasteiger partial charge < -0.3 is 4.74 Å². The minimum absolute atomic E-state index is 0.0297. The van der Waals surface area contributed by atoms with Crippen molar-refractivity contribution in [1.82, 2.24) is 0 Å². The van der Waals surface area contributed by atoms with E-state index in [2.05, 4.69) is 0 Å². The van der Waals surface area contributed by atoms with E-state index >= 15 is 0 Å². The molecule has 1 atom stereocenters. The van der Waals surface area contributed by atoms with Crippen molar-refractivity contribution in [3.63, 3.8) is 0 Å². The first kappa shape index (κ1) is 16.0. The Kier molecular flexibility index (Phi) is 3.79. The number of carbonyl (C=O) groups is 3. The molecule has 1 aromatic rings. The van der Waals surface area contributed by atoms with E-state index in [1.165, 1.54) is 24.3 Å². The van der Waals surface area contributed by atoms with Crippen molar-refractivity contribution >= 4 is 23.2 Å². The number of nitro benzene ring substituents is 1. The van der Waals surface area contributed by atoms with E-state index < -0.39 is 16.3 Å². The normalized spacial score (nSPS) is 23.2. The number of fused-ring (bicyclic) bond motifs is 1. The Bertz CT molecular complexity index is 792. The fourth-order valence-corrected chi connectivity index (χ4v) is 3.25. The van der Waals surface area contributed by atoms with Gasteiger partial charge in [0.05, 0.1) is 15.9 Å². The van der Waals surface area contributed by atoms with Crippen LogP contribution in [0, 0.1) is 15.5 Å². The molecular weight excluding hydrogens is 314 g/mol. The van der Waals surface area contributed by atoms with Gasteiger partial charge in [-0.05, 0) is 37.5 Å². The number of hydrogen-bond acceptors (Lipinski definition) is 6. The Morgan fingerprint density at radius 2 is 1.83 bits per heavy atom. The summed E-state index contributed by atoms with van der Waals surface area (Å²) < 4.78 is 5.29. The van der Waals surface area contributed by atoms with Gasteiger partial charge in [0.2, 0.25) is 0 Å². The summed E-state index contributed by atoms with van der Waals surface area (Å²) in [7, 11) is 0. The average Bonchev–Trinajstić information content (AvgIpc) is 2.86. The van der Waals surface area contributed by atoms with Gasteiger partial charge in [-0.15, -0.1) is 0 Å². The zero-order chi connectivity index (χ0) is 17.5. The molecule has 1 saturated carbocycles. The minimum Gasteiger partial charge on any atom is -0.419 e. The molecule has 0 unspecified atom stereocenters. The largest absolute Gasteiger partial charge is 0.419 e. The van der Waals surface area contributed by atoms with Crippen molar-refractivity contribution in [2.24, 2.45) is 5.41 Å². The molecule has 0 heterocycles. The highest BCUT2D eigenvalue weighted by atomic mass is 16.6. The number of nitro groups is 1. The van der Waals surface area contributed by atoms with Crippen LogP contribution >= 0.6 is 0 Å². The highest BCUT2D eigenvalue weighted by molar-refractivity contribution is 6.04. The van der Waals surface area contributed by atoms with Gasteiger partial charge in [0.1, 0.15) is 5.78 Å². The van der Waals surface area contributed by atoms with Crippen LogP contribution in [0.1, 0.15) is 43.0 Å². The van der Waals surface area contributed by atoms with Crippen LogP contribution in [0.3, 0.4) is 0 Å². The summed E-state index contributed by atoms with van der Waals surface area (Å²) in [6, 6.07) is 4.94. The lowest BCUT2D eigenvalue weighted by molar-refractivity contribution is -0.384. The lowest BCUT2D eigenvalue weighted by atomic mass is 9.74. The zero-order valence-corrected chi connectivity index (χ0v) is 13.0. The van der Waals surface area contributed by atoms with Crippen molar-refractivity contribution in [3.8, 4) is 0 Å². The van der Waals surface area contributed by atoms with Crippen molar-refractivity contribution in [2.45, 2.75) is 32.6 Å². The number of allylic oxidation sites excluding steroid dienone is 2. The van der Waals surface area contributed by atoms with Crippen LogP contribution in [0.25, 0.3) is 0 Å². The minimum atomic E-state index is -0.760. The SMILES string of the molecule is C[C@@]12CCC(=O)C(OC(=O)c3ccc([N+](=O)[O-])cc3)=C1CCC2=O. The fraction of sp³-hybridized carbons (Fsp3) is 0.353.